The zero-order valence-electron chi connectivity index (χ0n) is 16.3. The lowest BCUT2D eigenvalue weighted by Gasteiger charge is -2.37. The smallest absolute Gasteiger partial charge is 0.191 e. The van der Waals surface area contributed by atoms with Crippen molar-refractivity contribution in [1.29, 1.82) is 0 Å². The van der Waals surface area contributed by atoms with Gasteiger partial charge in [0, 0.05) is 43.1 Å². The molecule has 1 heterocycles. The number of rotatable bonds is 8. The highest BCUT2D eigenvalue weighted by Gasteiger charge is 2.32. The predicted octanol–water partition coefficient (Wildman–Crippen LogP) is 3.98. The van der Waals surface area contributed by atoms with E-state index in [1.54, 1.807) is 14.2 Å². The third kappa shape index (κ3) is 7.87. The molecule has 5 nitrogen and oxygen atoms in total. The highest BCUT2D eigenvalue weighted by Crippen LogP contribution is 2.34. The molecule has 1 saturated heterocycles. The van der Waals surface area contributed by atoms with Crippen LogP contribution in [0, 0.1) is 0 Å². The summed E-state index contributed by atoms with van der Waals surface area (Å²) in [5, 5.41) is 7.61. The summed E-state index contributed by atoms with van der Waals surface area (Å²) in [7, 11) is 3.45. The molecule has 0 saturated carbocycles. The molecule has 0 amide bonds. The van der Waals surface area contributed by atoms with Crippen molar-refractivity contribution in [3.05, 3.63) is 28.8 Å². The number of ether oxygens (including phenoxy) is 2. The van der Waals surface area contributed by atoms with E-state index >= 15 is 0 Å². The first-order valence-corrected chi connectivity index (χ1v) is 10.5. The number of methoxy groups -OCH3 is 1. The second-order valence-electron chi connectivity index (χ2n) is 6.29. The largest absolute Gasteiger partial charge is 0.497 e. The van der Waals surface area contributed by atoms with Gasteiger partial charge in [-0.2, -0.15) is 11.8 Å². The van der Waals surface area contributed by atoms with E-state index in [0.717, 1.165) is 73.6 Å². The number of benzene rings is 1. The molecule has 0 aromatic heterocycles. The Morgan fingerprint density at radius 2 is 2.07 bits per heavy atom. The molecule has 0 spiro atoms. The molecule has 1 aliphatic heterocycles. The molecule has 2 N–H and O–H groups in total. The normalized spacial score (nSPS) is 16.4. The highest BCUT2D eigenvalue weighted by molar-refractivity contribution is 14.0. The number of hydrogen-bond donors (Lipinski definition) is 2. The molecule has 1 fully saturated rings. The first-order valence-electron chi connectivity index (χ1n) is 9.11. The first-order chi connectivity index (χ1) is 12.6. The Labute approximate surface area is 189 Å². The van der Waals surface area contributed by atoms with Crippen LogP contribution in [0.5, 0.6) is 5.75 Å². The van der Waals surface area contributed by atoms with Crippen molar-refractivity contribution < 1.29 is 9.47 Å². The van der Waals surface area contributed by atoms with Gasteiger partial charge in [0.25, 0.3) is 0 Å². The zero-order valence-corrected chi connectivity index (χ0v) is 20.2. The SMILES string of the molecule is CCSC1(CNC(=NC)NCCc2ccc(OC)cc2Cl)CCOCC1.I. The highest BCUT2D eigenvalue weighted by atomic mass is 127. The third-order valence-corrected chi connectivity index (χ3v) is 6.41. The molecule has 1 aromatic carbocycles. The second kappa shape index (κ2) is 13.0. The zero-order chi connectivity index (χ0) is 18.8. The van der Waals surface area contributed by atoms with Crippen LogP contribution in [0.4, 0.5) is 0 Å². The van der Waals surface area contributed by atoms with Gasteiger partial charge >= 0.3 is 0 Å². The van der Waals surface area contributed by atoms with Gasteiger partial charge in [0.2, 0.25) is 0 Å². The fourth-order valence-electron chi connectivity index (χ4n) is 3.06. The van der Waals surface area contributed by atoms with Crippen LogP contribution < -0.4 is 15.4 Å². The molecule has 1 aromatic rings. The first kappa shape index (κ1) is 24.7. The van der Waals surface area contributed by atoms with E-state index < -0.39 is 0 Å². The molecule has 0 bridgehead atoms. The summed E-state index contributed by atoms with van der Waals surface area (Å²) in [5.41, 5.74) is 1.10. The fraction of sp³-hybridized carbons (Fsp3) is 0.632. The molecule has 0 atom stereocenters. The second-order valence-corrected chi connectivity index (χ2v) is 8.43. The number of hydrogen-bond acceptors (Lipinski definition) is 4. The number of nitrogens with one attached hydrogen (secondary N) is 2. The fourth-order valence-corrected chi connectivity index (χ4v) is 4.57. The van der Waals surface area contributed by atoms with Crippen LogP contribution in [0.15, 0.2) is 23.2 Å². The summed E-state index contributed by atoms with van der Waals surface area (Å²) >= 11 is 8.33. The Morgan fingerprint density at radius 1 is 1.33 bits per heavy atom. The van der Waals surface area contributed by atoms with Crippen LogP contribution in [0.2, 0.25) is 5.02 Å². The number of aliphatic imine (C=N–C) groups is 1. The van der Waals surface area contributed by atoms with Gasteiger partial charge in [-0.1, -0.05) is 24.6 Å². The quantitative estimate of drug-likeness (QED) is 0.304. The predicted molar refractivity (Wildman–Crippen MR) is 127 cm³/mol. The van der Waals surface area contributed by atoms with Gasteiger partial charge in [0.1, 0.15) is 5.75 Å². The average molecular weight is 528 g/mol. The summed E-state index contributed by atoms with van der Waals surface area (Å²) in [4.78, 5) is 4.35. The van der Waals surface area contributed by atoms with Crippen molar-refractivity contribution in [2.75, 3.05) is 46.2 Å². The molecular weight excluding hydrogens is 497 g/mol. The molecule has 8 heteroatoms. The van der Waals surface area contributed by atoms with E-state index in [-0.39, 0.29) is 28.7 Å². The summed E-state index contributed by atoms with van der Waals surface area (Å²) in [5.74, 6) is 2.72. The standard InChI is InChI=1S/C19H30ClN3O2S.HI/c1-4-26-19(8-11-25-12-9-19)14-23-18(21-2)22-10-7-15-5-6-16(24-3)13-17(15)20;/h5-6,13H,4,7-12,14H2,1-3H3,(H2,21,22,23);1H. The van der Waals surface area contributed by atoms with Crippen molar-refractivity contribution >= 4 is 53.3 Å². The van der Waals surface area contributed by atoms with Crippen LogP contribution in [0.25, 0.3) is 0 Å². The average Bonchev–Trinajstić information content (AvgIpc) is 2.66. The van der Waals surface area contributed by atoms with Crippen molar-refractivity contribution in [2.24, 2.45) is 4.99 Å². The molecule has 154 valence electrons. The van der Waals surface area contributed by atoms with E-state index in [0.29, 0.717) is 0 Å². The molecule has 0 unspecified atom stereocenters. The van der Waals surface area contributed by atoms with E-state index in [9.17, 15) is 0 Å². The molecule has 27 heavy (non-hydrogen) atoms. The Bertz CT molecular complexity index is 593. The van der Waals surface area contributed by atoms with E-state index in [4.69, 9.17) is 21.1 Å². The lowest BCUT2D eigenvalue weighted by atomic mass is 9.99. The minimum Gasteiger partial charge on any atom is -0.497 e. The minimum absolute atomic E-state index is 0. The van der Waals surface area contributed by atoms with Crippen molar-refractivity contribution in [3.8, 4) is 5.75 Å². The van der Waals surface area contributed by atoms with Gasteiger partial charge in [-0.05, 0) is 42.7 Å². The molecule has 0 radical (unpaired) electrons. The maximum absolute atomic E-state index is 6.30. The molecule has 0 aliphatic carbocycles. The Morgan fingerprint density at radius 3 is 2.67 bits per heavy atom. The molecule has 2 rings (SSSR count). The van der Waals surface area contributed by atoms with Gasteiger partial charge < -0.3 is 20.1 Å². The van der Waals surface area contributed by atoms with Crippen LogP contribution >= 0.6 is 47.3 Å². The van der Waals surface area contributed by atoms with E-state index in [1.165, 1.54) is 0 Å². The van der Waals surface area contributed by atoms with Crippen LogP contribution in [0.1, 0.15) is 25.3 Å². The number of guanidine groups is 1. The Balaban J connectivity index is 0.00000364. The lowest BCUT2D eigenvalue weighted by Crippen LogP contribution is -2.48. The van der Waals surface area contributed by atoms with Crippen molar-refractivity contribution in [1.82, 2.24) is 10.6 Å². The summed E-state index contributed by atoms with van der Waals surface area (Å²) in [6, 6.07) is 5.79. The summed E-state index contributed by atoms with van der Waals surface area (Å²) in [6.45, 7) is 5.57. The van der Waals surface area contributed by atoms with E-state index in [2.05, 4.69) is 22.5 Å². The van der Waals surface area contributed by atoms with Gasteiger partial charge in [-0.15, -0.1) is 24.0 Å². The maximum Gasteiger partial charge on any atom is 0.191 e. The number of halogens is 2. The van der Waals surface area contributed by atoms with Gasteiger partial charge in [-0.25, -0.2) is 0 Å². The number of nitrogens with zero attached hydrogens (tertiary/aromatic N) is 1. The lowest BCUT2D eigenvalue weighted by molar-refractivity contribution is 0.0782. The van der Waals surface area contributed by atoms with Gasteiger partial charge in [0.15, 0.2) is 5.96 Å². The van der Waals surface area contributed by atoms with Crippen molar-refractivity contribution in [2.45, 2.75) is 30.9 Å². The van der Waals surface area contributed by atoms with E-state index in [1.807, 2.05) is 30.0 Å². The molecule has 1 aliphatic rings. The summed E-state index contributed by atoms with van der Waals surface area (Å²) in [6.07, 6.45) is 2.99. The van der Waals surface area contributed by atoms with Gasteiger partial charge in [0.05, 0.1) is 7.11 Å². The third-order valence-electron chi connectivity index (χ3n) is 4.60. The maximum atomic E-state index is 6.30. The van der Waals surface area contributed by atoms with Crippen LogP contribution in [-0.4, -0.2) is 56.9 Å². The Kier molecular flexibility index (Phi) is 11.8. The van der Waals surface area contributed by atoms with Crippen LogP contribution in [-0.2, 0) is 11.2 Å². The minimum atomic E-state index is 0. The molecular formula is C19H31ClIN3O2S. The van der Waals surface area contributed by atoms with Crippen molar-refractivity contribution in [3.63, 3.8) is 0 Å². The topological polar surface area (TPSA) is 54.9 Å². The Hall–Kier alpha value is -0.380. The number of thioether (sulfide) groups is 1. The summed E-state index contributed by atoms with van der Waals surface area (Å²) < 4.78 is 11.0. The van der Waals surface area contributed by atoms with Crippen LogP contribution in [0.3, 0.4) is 0 Å². The monoisotopic (exact) mass is 527 g/mol. The van der Waals surface area contributed by atoms with Gasteiger partial charge in [-0.3, -0.25) is 4.99 Å².